The van der Waals surface area contributed by atoms with Crippen molar-refractivity contribution in [2.45, 2.75) is 418 Å². The van der Waals surface area contributed by atoms with Crippen LogP contribution in [0.3, 0.4) is 0 Å². The SMILES string of the molecule is CCCCCCCCCCCCC/C=C/[C@@H](O)[C@H](CO[C@@H]1OC(CO)[C@@H](O[C@@H]2OC(CO)[C@H](O)[C@H](O[C@@H]3OC(CO)[C@@H](O[C@@H]4OC(CO)[C@H](O)[C@H](O[C@@H]5OC(CO)[C@H](O)[C@H](O)C5O)C4O)[C@H](O)C3NC(C)=O)C2O)[C@H](O)C1O)NC(=O)CCCCCCCCCCCCCCCCCCCCCCCCC. The quantitative estimate of drug-likeness (QED) is 0.0307. The Morgan fingerprint density at radius 3 is 1.10 bits per heavy atom. The van der Waals surface area contributed by atoms with E-state index >= 15 is 0 Å². The van der Waals surface area contributed by atoms with Crippen LogP contribution in [-0.4, -0.2) is 299 Å². The second-order valence-corrected chi connectivity index (χ2v) is 29.9. The van der Waals surface area contributed by atoms with E-state index in [1.54, 1.807) is 6.08 Å². The molecule has 27 atom stereocenters. The van der Waals surface area contributed by atoms with Gasteiger partial charge in [0.2, 0.25) is 11.8 Å². The molecular weight excluding hydrogens is 1390 g/mol. The molecule has 0 aliphatic carbocycles. The van der Waals surface area contributed by atoms with Crippen LogP contribution in [0.15, 0.2) is 12.2 Å². The fourth-order valence-electron chi connectivity index (χ4n) is 14.6. The Labute approximate surface area is 628 Å². The third kappa shape index (κ3) is 31.5. The van der Waals surface area contributed by atoms with E-state index in [-0.39, 0.29) is 12.3 Å². The van der Waals surface area contributed by atoms with E-state index in [0.717, 1.165) is 51.9 Å². The maximum absolute atomic E-state index is 13.6. The van der Waals surface area contributed by atoms with Gasteiger partial charge in [-0.1, -0.05) is 231 Å². The minimum absolute atomic E-state index is 0.194. The lowest BCUT2D eigenvalue weighted by Gasteiger charge is -2.50. The van der Waals surface area contributed by atoms with Crippen molar-refractivity contribution in [3.8, 4) is 0 Å². The third-order valence-corrected chi connectivity index (χ3v) is 21.2. The molecule has 5 saturated heterocycles. The predicted molar refractivity (Wildman–Crippen MR) is 386 cm³/mol. The maximum atomic E-state index is 13.6. The minimum Gasteiger partial charge on any atom is -0.394 e. The first kappa shape index (κ1) is 94.2. The lowest BCUT2D eigenvalue weighted by atomic mass is 9.94. The minimum atomic E-state index is -2.15. The van der Waals surface area contributed by atoms with Gasteiger partial charge in [0, 0.05) is 13.3 Å². The number of allylic oxidation sites excluding steroid dienone is 1. The van der Waals surface area contributed by atoms with Crippen LogP contribution in [0, 0.1) is 0 Å². The molecule has 5 aliphatic heterocycles. The number of aliphatic hydroxyl groups excluding tert-OH is 16. The molecule has 622 valence electrons. The third-order valence-electron chi connectivity index (χ3n) is 21.2. The summed E-state index contributed by atoms with van der Waals surface area (Å²) in [5, 5.41) is 181. The van der Waals surface area contributed by atoms with E-state index < -0.39 is 211 Å². The van der Waals surface area contributed by atoms with Crippen molar-refractivity contribution in [3.63, 3.8) is 0 Å². The highest BCUT2D eigenvalue weighted by Crippen LogP contribution is 2.37. The molecule has 5 heterocycles. The molecule has 30 heteroatoms. The molecule has 106 heavy (non-hydrogen) atoms. The van der Waals surface area contributed by atoms with Crippen LogP contribution in [0.5, 0.6) is 0 Å². The van der Waals surface area contributed by atoms with Crippen LogP contribution >= 0.6 is 0 Å². The lowest BCUT2D eigenvalue weighted by molar-refractivity contribution is -0.387. The molecule has 0 bridgehead atoms. The van der Waals surface area contributed by atoms with Gasteiger partial charge < -0.3 is 140 Å². The van der Waals surface area contributed by atoms with Crippen molar-refractivity contribution >= 4 is 11.8 Å². The van der Waals surface area contributed by atoms with Crippen LogP contribution < -0.4 is 10.6 Å². The zero-order valence-corrected chi connectivity index (χ0v) is 63.5. The molecule has 0 radical (unpaired) electrons. The number of amides is 2. The summed E-state index contributed by atoms with van der Waals surface area (Å²) in [5.41, 5.74) is 0. The number of nitrogens with one attached hydrogen (secondary N) is 2. The Balaban J connectivity index is 1.15. The van der Waals surface area contributed by atoms with E-state index in [1.165, 1.54) is 167 Å². The van der Waals surface area contributed by atoms with Crippen LogP contribution in [0.2, 0.25) is 0 Å². The van der Waals surface area contributed by atoms with Gasteiger partial charge in [-0.15, -0.1) is 0 Å². The number of carbonyl (C=O) groups is 2. The normalized spacial score (nSPS) is 34.3. The van der Waals surface area contributed by atoms with E-state index in [2.05, 4.69) is 24.5 Å². The molecule has 5 aliphatic rings. The summed E-state index contributed by atoms with van der Waals surface area (Å²) in [4.78, 5) is 26.3. The van der Waals surface area contributed by atoms with E-state index in [1.807, 2.05) is 6.08 Å². The number of unbranched alkanes of at least 4 members (excludes halogenated alkanes) is 33. The molecule has 5 rings (SSSR count). The van der Waals surface area contributed by atoms with Gasteiger partial charge >= 0.3 is 0 Å². The van der Waals surface area contributed by atoms with Gasteiger partial charge in [-0.05, 0) is 19.3 Å². The van der Waals surface area contributed by atoms with Crippen molar-refractivity contribution in [1.82, 2.24) is 10.6 Å². The van der Waals surface area contributed by atoms with Crippen LogP contribution in [0.25, 0.3) is 0 Å². The second kappa shape index (κ2) is 53.6. The number of hydrogen-bond donors (Lipinski definition) is 18. The molecule has 0 saturated carbocycles. The number of aliphatic hydroxyl groups is 16. The van der Waals surface area contributed by atoms with Gasteiger partial charge in [-0.2, -0.15) is 0 Å². The maximum Gasteiger partial charge on any atom is 0.220 e. The zero-order chi connectivity index (χ0) is 77.3. The van der Waals surface area contributed by atoms with Crippen LogP contribution in [0.1, 0.15) is 252 Å². The average Bonchev–Trinajstić information content (AvgIpc) is 0.767. The predicted octanol–water partition coefficient (Wildman–Crippen LogP) is 2.73. The summed E-state index contributed by atoms with van der Waals surface area (Å²) in [6.07, 6.45) is -0.110. The highest BCUT2D eigenvalue weighted by molar-refractivity contribution is 5.76. The topological polar surface area (TPSA) is 474 Å². The number of hydrogen-bond acceptors (Lipinski definition) is 28. The van der Waals surface area contributed by atoms with Gasteiger partial charge in [0.1, 0.15) is 122 Å². The second-order valence-electron chi connectivity index (χ2n) is 29.9. The van der Waals surface area contributed by atoms with E-state index in [0.29, 0.717) is 12.8 Å². The molecule has 0 aromatic heterocycles. The molecule has 30 nitrogen and oxygen atoms in total. The molecule has 2 amide bonds. The Bertz CT molecular complexity index is 2290. The number of carbonyl (C=O) groups excluding carboxylic acids is 2. The Hall–Kier alpha value is -2.36. The summed E-state index contributed by atoms with van der Waals surface area (Å²) in [6, 6.07) is -2.82. The summed E-state index contributed by atoms with van der Waals surface area (Å²) in [5.74, 6) is -1.15. The highest BCUT2D eigenvalue weighted by Gasteiger charge is 2.57. The van der Waals surface area contributed by atoms with Gasteiger partial charge in [-0.3, -0.25) is 9.59 Å². The fraction of sp³-hybridized carbons (Fsp3) is 0.947. The van der Waals surface area contributed by atoms with Crippen molar-refractivity contribution in [2.24, 2.45) is 0 Å². The number of rotatable bonds is 56. The number of ether oxygens (including phenoxy) is 10. The van der Waals surface area contributed by atoms with Gasteiger partial charge in [0.05, 0.1) is 51.8 Å². The summed E-state index contributed by atoms with van der Waals surface area (Å²) in [6.45, 7) is 0.373. The monoisotopic (exact) mass is 1530 g/mol. The molecular formula is C76H140N2O28. The van der Waals surface area contributed by atoms with Crippen molar-refractivity contribution in [2.75, 3.05) is 39.6 Å². The van der Waals surface area contributed by atoms with Crippen molar-refractivity contribution in [1.29, 1.82) is 0 Å². The first-order valence-corrected chi connectivity index (χ1v) is 40.5. The smallest absolute Gasteiger partial charge is 0.220 e. The van der Waals surface area contributed by atoms with Crippen molar-refractivity contribution < 1.29 is 139 Å². The Morgan fingerprint density at radius 2 is 0.698 bits per heavy atom. The molecule has 10 unspecified atom stereocenters. The van der Waals surface area contributed by atoms with Crippen molar-refractivity contribution in [3.05, 3.63) is 12.2 Å². The van der Waals surface area contributed by atoms with Crippen LogP contribution in [0.4, 0.5) is 0 Å². The first-order valence-electron chi connectivity index (χ1n) is 40.5. The Kier molecular flexibility index (Phi) is 47.7. The standard InChI is InChI=1S/C76H140N2O28/c1-4-6-8-10-12-14-16-18-19-20-21-22-23-24-25-26-27-29-31-33-35-37-39-41-56(86)78-49(50(85)40-38-36-34-32-30-28-17-15-13-11-9-7-5-2)47-97-73-65(94)63(92)69(55(46-83)102-73)104-76-66(95)70(59(88)52(43-80)100-76)105-72-57(77-48(3)84)61(90)68(54(45-82)101-72)103-75-67(96)71(60(89)53(44-81)99-75)106-74-64(93)62(91)58(87)51(42-79)98-74/h38,40,49-55,57-76,79-83,85,87-96H,4-37,39,41-47H2,1-3H3,(H,77,84)(H,78,86)/b40-38+/t49-,50+,51?,52?,53?,54?,55?,57?,58-,59-,60-,61+,62-,63+,64?,65?,66?,67?,68+,69+,70-,71-,72-,73+,74-,75-,76-/m0/s1. The fourth-order valence-corrected chi connectivity index (χ4v) is 14.6. The zero-order valence-electron chi connectivity index (χ0n) is 63.5. The molecule has 0 aromatic carbocycles. The van der Waals surface area contributed by atoms with Gasteiger partial charge in [0.15, 0.2) is 31.5 Å². The Morgan fingerprint density at radius 1 is 0.368 bits per heavy atom. The van der Waals surface area contributed by atoms with Gasteiger partial charge in [0.25, 0.3) is 0 Å². The molecule has 0 spiro atoms. The highest BCUT2D eigenvalue weighted by atomic mass is 16.8. The van der Waals surface area contributed by atoms with Gasteiger partial charge in [-0.25, -0.2) is 0 Å². The van der Waals surface area contributed by atoms with E-state index in [4.69, 9.17) is 47.4 Å². The average molecular weight is 1530 g/mol. The molecule has 0 aromatic rings. The van der Waals surface area contributed by atoms with E-state index in [9.17, 15) is 91.3 Å². The van der Waals surface area contributed by atoms with Crippen LogP contribution in [-0.2, 0) is 57.0 Å². The summed E-state index contributed by atoms with van der Waals surface area (Å²) < 4.78 is 58.4. The lowest BCUT2D eigenvalue weighted by Crippen LogP contribution is -2.70. The summed E-state index contributed by atoms with van der Waals surface area (Å²) in [7, 11) is 0. The molecule has 5 fully saturated rings. The summed E-state index contributed by atoms with van der Waals surface area (Å²) >= 11 is 0. The molecule has 18 N–H and O–H groups in total. The largest absolute Gasteiger partial charge is 0.394 e. The first-order chi connectivity index (χ1) is 51.2.